The number of primary amides is 1. The van der Waals surface area contributed by atoms with Gasteiger partial charge in [0.1, 0.15) is 17.9 Å². The van der Waals surface area contributed by atoms with Crippen molar-refractivity contribution in [2.24, 2.45) is 11.1 Å². The van der Waals surface area contributed by atoms with Crippen molar-refractivity contribution in [2.45, 2.75) is 32.7 Å². The first-order chi connectivity index (χ1) is 18.8. The number of hydrogen-bond donors (Lipinski definition) is 3. The Hall–Kier alpha value is -4.25. The molecule has 0 saturated carbocycles. The van der Waals surface area contributed by atoms with Gasteiger partial charge in [0.15, 0.2) is 11.6 Å². The molecule has 1 atom stereocenters. The molecular formula is C28H30FN7O3. The van der Waals surface area contributed by atoms with Gasteiger partial charge in [0.25, 0.3) is 5.91 Å². The zero-order valence-electron chi connectivity index (χ0n) is 21.7. The van der Waals surface area contributed by atoms with Crippen LogP contribution >= 0.6 is 0 Å². The summed E-state index contributed by atoms with van der Waals surface area (Å²) in [6.07, 6.45) is 5.60. The van der Waals surface area contributed by atoms with Gasteiger partial charge in [-0.05, 0) is 61.2 Å². The van der Waals surface area contributed by atoms with Crippen LogP contribution in [-0.4, -0.2) is 56.9 Å². The van der Waals surface area contributed by atoms with Gasteiger partial charge in [0.2, 0.25) is 0 Å². The van der Waals surface area contributed by atoms with Crippen LogP contribution in [0.2, 0.25) is 0 Å². The van der Waals surface area contributed by atoms with Crippen molar-refractivity contribution < 1.29 is 13.9 Å². The number of fused-ring (bicyclic) bond motifs is 1. The Morgan fingerprint density at radius 1 is 1.15 bits per heavy atom. The van der Waals surface area contributed by atoms with E-state index in [0.717, 1.165) is 68.2 Å². The predicted molar refractivity (Wildman–Crippen MR) is 144 cm³/mol. The lowest BCUT2D eigenvalue weighted by Crippen LogP contribution is -2.31. The van der Waals surface area contributed by atoms with E-state index in [2.05, 4.69) is 35.8 Å². The van der Waals surface area contributed by atoms with Crippen molar-refractivity contribution in [3.63, 3.8) is 0 Å². The van der Waals surface area contributed by atoms with Gasteiger partial charge < -0.3 is 25.3 Å². The van der Waals surface area contributed by atoms with Gasteiger partial charge in [-0.15, -0.1) is 0 Å². The number of likely N-dealkylation sites (tertiary alicyclic amines) is 1. The Morgan fingerprint density at radius 2 is 1.97 bits per heavy atom. The second-order valence-electron chi connectivity index (χ2n) is 10.6. The van der Waals surface area contributed by atoms with Crippen LogP contribution in [0.3, 0.4) is 0 Å². The average molecular weight is 532 g/mol. The molecule has 4 aromatic rings. The number of ether oxygens (including phenoxy) is 1. The third kappa shape index (κ3) is 4.85. The second kappa shape index (κ2) is 9.81. The Balaban J connectivity index is 1.19. The number of aromatic nitrogens is 4. The maximum atomic E-state index is 14.1. The topological polar surface area (TPSA) is 133 Å². The number of halogens is 1. The van der Waals surface area contributed by atoms with Crippen LogP contribution < -0.4 is 21.1 Å². The van der Waals surface area contributed by atoms with E-state index in [1.54, 1.807) is 6.20 Å². The van der Waals surface area contributed by atoms with E-state index in [1.165, 1.54) is 12.4 Å². The minimum atomic E-state index is -0.759. The van der Waals surface area contributed by atoms with Crippen LogP contribution in [-0.2, 0) is 13.0 Å². The van der Waals surface area contributed by atoms with Crippen molar-refractivity contribution >= 4 is 22.8 Å². The predicted octanol–water partition coefficient (Wildman–Crippen LogP) is 3.34. The lowest BCUT2D eigenvalue weighted by Gasteiger charge is -2.26. The molecule has 2 aromatic heterocycles. The Morgan fingerprint density at radius 3 is 2.79 bits per heavy atom. The minimum Gasteiger partial charge on any atom is -0.451 e. The summed E-state index contributed by atoms with van der Waals surface area (Å²) in [4.78, 5) is 42.6. The van der Waals surface area contributed by atoms with E-state index in [0.29, 0.717) is 23.6 Å². The molecule has 4 heterocycles. The zero-order chi connectivity index (χ0) is 27.1. The summed E-state index contributed by atoms with van der Waals surface area (Å²) in [5.74, 6) is -0.00737. The van der Waals surface area contributed by atoms with Crippen molar-refractivity contribution in [2.75, 3.05) is 31.1 Å². The number of benzene rings is 2. The molecule has 1 amide bonds. The molecule has 11 heteroatoms. The molecule has 2 aromatic carbocycles. The maximum Gasteiger partial charge on any atom is 0.323 e. The normalized spacial score (nSPS) is 19.4. The number of aromatic amines is 2. The number of rotatable bonds is 7. The van der Waals surface area contributed by atoms with E-state index in [1.807, 2.05) is 19.1 Å². The number of hydrogen-bond acceptors (Lipinski definition) is 7. The average Bonchev–Trinajstić information content (AvgIpc) is 3.62. The lowest BCUT2D eigenvalue weighted by molar-refractivity contribution is 0.0997. The quantitative estimate of drug-likeness (QED) is 0.333. The summed E-state index contributed by atoms with van der Waals surface area (Å²) < 4.78 is 20.3. The third-order valence-corrected chi connectivity index (χ3v) is 7.89. The molecule has 202 valence electrons. The van der Waals surface area contributed by atoms with Gasteiger partial charge in [-0.25, -0.2) is 19.2 Å². The van der Waals surface area contributed by atoms with Crippen LogP contribution in [0, 0.1) is 11.2 Å². The Labute approximate surface area is 224 Å². The number of anilines is 1. The van der Waals surface area contributed by atoms with E-state index >= 15 is 0 Å². The van der Waals surface area contributed by atoms with Crippen LogP contribution in [0.5, 0.6) is 11.5 Å². The number of H-pyrrole nitrogens is 2. The fraction of sp³-hybridized carbons (Fsp3) is 0.357. The number of aryl methyl sites for hydroxylation is 1. The zero-order valence-corrected chi connectivity index (χ0v) is 21.7. The molecule has 2 aliphatic rings. The van der Waals surface area contributed by atoms with Gasteiger partial charge in [-0.2, -0.15) is 0 Å². The highest BCUT2D eigenvalue weighted by molar-refractivity contribution is 5.96. The molecule has 4 N–H and O–H groups in total. The van der Waals surface area contributed by atoms with Crippen molar-refractivity contribution in [3.05, 3.63) is 75.8 Å². The number of amides is 1. The monoisotopic (exact) mass is 531 g/mol. The molecular weight excluding hydrogens is 501 g/mol. The number of carbonyl (C=O) groups is 1. The SMILES string of the molecule is CCc1cc(F)cc(C(N)=O)c1Oc1cncnc1N1CCC2(CCN(Cc3ccc4[nH]c(=O)[nH]c4c3)C2)C1. The highest BCUT2D eigenvalue weighted by Gasteiger charge is 2.44. The summed E-state index contributed by atoms with van der Waals surface area (Å²) >= 11 is 0. The van der Waals surface area contributed by atoms with Crippen LogP contribution in [0.4, 0.5) is 10.2 Å². The molecule has 1 unspecified atom stereocenters. The van der Waals surface area contributed by atoms with Gasteiger partial charge in [0.05, 0.1) is 22.8 Å². The second-order valence-corrected chi connectivity index (χ2v) is 10.6. The summed E-state index contributed by atoms with van der Waals surface area (Å²) in [7, 11) is 0. The summed E-state index contributed by atoms with van der Waals surface area (Å²) in [6, 6.07) is 8.49. The first-order valence-corrected chi connectivity index (χ1v) is 13.1. The van der Waals surface area contributed by atoms with E-state index in [9.17, 15) is 14.0 Å². The van der Waals surface area contributed by atoms with Crippen LogP contribution in [0.15, 0.2) is 47.7 Å². The number of nitrogens with one attached hydrogen (secondary N) is 2. The number of carbonyl (C=O) groups excluding carboxylic acids is 1. The Kier molecular flexibility index (Phi) is 6.30. The number of nitrogens with two attached hydrogens (primary N) is 1. The molecule has 1 spiro atoms. The minimum absolute atomic E-state index is 0.00659. The summed E-state index contributed by atoms with van der Waals surface area (Å²) in [6.45, 7) is 6.24. The standard InChI is InChI=1S/C28H30FN7O3/c1-2-18-10-19(29)11-20(25(30)37)24(18)39-23-12-31-16-32-26(23)36-8-6-28(15-36)5-7-35(14-28)13-17-3-4-21-22(9-17)34-27(38)33-21/h3-4,9-12,16H,2,5-8,13-15H2,1H3,(H2,30,37)(H2,33,34,38). The molecule has 0 radical (unpaired) electrons. The smallest absolute Gasteiger partial charge is 0.323 e. The molecule has 2 fully saturated rings. The maximum absolute atomic E-state index is 14.1. The fourth-order valence-electron chi connectivity index (χ4n) is 5.99. The molecule has 2 aliphatic heterocycles. The highest BCUT2D eigenvalue weighted by Crippen LogP contribution is 2.44. The molecule has 0 bridgehead atoms. The van der Waals surface area contributed by atoms with Gasteiger partial charge in [0, 0.05) is 31.6 Å². The van der Waals surface area contributed by atoms with Crippen LogP contribution in [0.25, 0.3) is 11.0 Å². The van der Waals surface area contributed by atoms with Crippen molar-refractivity contribution in [3.8, 4) is 11.5 Å². The van der Waals surface area contributed by atoms with Gasteiger partial charge >= 0.3 is 5.69 Å². The highest BCUT2D eigenvalue weighted by atomic mass is 19.1. The number of imidazole rings is 1. The first-order valence-electron chi connectivity index (χ1n) is 13.1. The molecule has 2 saturated heterocycles. The van der Waals surface area contributed by atoms with Crippen LogP contribution in [0.1, 0.15) is 41.3 Å². The molecule has 39 heavy (non-hydrogen) atoms. The number of nitrogens with zero attached hydrogens (tertiary/aromatic N) is 4. The van der Waals surface area contributed by atoms with E-state index in [-0.39, 0.29) is 22.4 Å². The lowest BCUT2D eigenvalue weighted by atomic mass is 9.86. The first kappa shape index (κ1) is 25.1. The largest absolute Gasteiger partial charge is 0.451 e. The molecule has 0 aliphatic carbocycles. The van der Waals surface area contributed by atoms with Gasteiger partial charge in [-0.3, -0.25) is 9.69 Å². The van der Waals surface area contributed by atoms with Gasteiger partial charge in [-0.1, -0.05) is 13.0 Å². The third-order valence-electron chi connectivity index (χ3n) is 7.89. The summed E-state index contributed by atoms with van der Waals surface area (Å²) in [5.41, 5.74) is 8.80. The van der Waals surface area contributed by atoms with E-state index < -0.39 is 11.7 Å². The molecule has 6 rings (SSSR count). The molecule has 10 nitrogen and oxygen atoms in total. The fourth-order valence-corrected chi connectivity index (χ4v) is 5.99. The Bertz CT molecular complexity index is 1620. The summed E-state index contributed by atoms with van der Waals surface area (Å²) in [5, 5.41) is 0. The van der Waals surface area contributed by atoms with Crippen molar-refractivity contribution in [1.29, 1.82) is 0 Å². The van der Waals surface area contributed by atoms with E-state index in [4.69, 9.17) is 10.5 Å². The van der Waals surface area contributed by atoms with Crippen molar-refractivity contribution in [1.82, 2.24) is 24.8 Å².